The molecule has 2 rings (SSSR count). The topological polar surface area (TPSA) is 54.0 Å². The molecule has 0 spiro atoms. The van der Waals surface area contributed by atoms with Gasteiger partial charge in [-0.15, -0.1) is 0 Å². The zero-order valence-electron chi connectivity index (χ0n) is 12.2. The molecule has 0 fully saturated rings. The van der Waals surface area contributed by atoms with Crippen LogP contribution in [0, 0.1) is 12.8 Å². The first-order valence-corrected chi connectivity index (χ1v) is 7.74. The average Bonchev–Trinajstić information content (AvgIpc) is 2.78. The van der Waals surface area contributed by atoms with Gasteiger partial charge >= 0.3 is 0 Å². The van der Waals surface area contributed by atoms with Gasteiger partial charge in [0, 0.05) is 19.5 Å². The molecule has 0 aliphatic heterocycles. The Bertz CT molecular complexity index is 592. The van der Waals surface area contributed by atoms with Gasteiger partial charge in [0.1, 0.15) is 0 Å². The van der Waals surface area contributed by atoms with E-state index in [1.165, 1.54) is 10.3 Å². The molecule has 0 atom stereocenters. The first kappa shape index (κ1) is 14.8. The summed E-state index contributed by atoms with van der Waals surface area (Å²) < 4.78 is 1.18. The van der Waals surface area contributed by atoms with Crippen LogP contribution in [0.2, 0.25) is 0 Å². The Balaban J connectivity index is 1.82. The summed E-state index contributed by atoms with van der Waals surface area (Å²) in [7, 11) is 0. The number of amides is 1. The quantitative estimate of drug-likeness (QED) is 0.859. The zero-order chi connectivity index (χ0) is 14.5. The molecule has 0 aliphatic rings. The van der Waals surface area contributed by atoms with Gasteiger partial charge in [-0.25, -0.2) is 4.98 Å². The van der Waals surface area contributed by atoms with Crippen LogP contribution < -0.4 is 10.6 Å². The number of thiazole rings is 1. The van der Waals surface area contributed by atoms with Gasteiger partial charge in [0.25, 0.3) is 0 Å². The van der Waals surface area contributed by atoms with Crippen molar-refractivity contribution in [2.75, 3.05) is 18.4 Å². The Morgan fingerprint density at radius 3 is 2.95 bits per heavy atom. The highest BCUT2D eigenvalue weighted by Gasteiger charge is 2.05. The molecule has 20 heavy (non-hydrogen) atoms. The number of hydrogen-bond acceptors (Lipinski definition) is 4. The van der Waals surface area contributed by atoms with E-state index in [-0.39, 0.29) is 5.91 Å². The van der Waals surface area contributed by atoms with Crippen molar-refractivity contribution < 1.29 is 4.79 Å². The van der Waals surface area contributed by atoms with Gasteiger partial charge in [-0.2, -0.15) is 0 Å². The molecule has 0 unspecified atom stereocenters. The Hall–Kier alpha value is -1.62. The maximum Gasteiger partial charge on any atom is 0.221 e. The fourth-order valence-corrected chi connectivity index (χ4v) is 2.79. The molecule has 0 saturated carbocycles. The van der Waals surface area contributed by atoms with Gasteiger partial charge in [-0.1, -0.05) is 31.3 Å². The number of benzene rings is 1. The van der Waals surface area contributed by atoms with E-state index in [0.717, 1.165) is 17.2 Å². The van der Waals surface area contributed by atoms with Crippen LogP contribution in [0.25, 0.3) is 10.2 Å². The van der Waals surface area contributed by atoms with Crippen LogP contribution in [0.5, 0.6) is 0 Å². The third-order valence-electron chi connectivity index (χ3n) is 2.88. The number of aryl methyl sites for hydroxylation is 1. The average molecular weight is 291 g/mol. The molecule has 1 aromatic heterocycles. The maximum absolute atomic E-state index is 11.6. The molecule has 2 aromatic rings. The fraction of sp³-hybridized carbons (Fsp3) is 0.467. The van der Waals surface area contributed by atoms with E-state index in [1.807, 2.05) is 6.07 Å². The molecule has 2 N–H and O–H groups in total. The molecule has 0 saturated heterocycles. The van der Waals surface area contributed by atoms with Gasteiger partial charge < -0.3 is 10.6 Å². The first-order chi connectivity index (χ1) is 9.54. The largest absolute Gasteiger partial charge is 0.361 e. The lowest BCUT2D eigenvalue weighted by Crippen LogP contribution is -2.28. The molecule has 5 heteroatoms. The van der Waals surface area contributed by atoms with Crippen molar-refractivity contribution in [1.82, 2.24) is 10.3 Å². The minimum atomic E-state index is 0.0863. The van der Waals surface area contributed by atoms with Crippen molar-refractivity contribution in [2.24, 2.45) is 5.92 Å². The highest BCUT2D eigenvalue weighted by atomic mass is 32.1. The lowest BCUT2D eigenvalue weighted by Gasteiger charge is -2.07. The molecule has 1 heterocycles. The second-order valence-electron chi connectivity index (χ2n) is 5.36. The van der Waals surface area contributed by atoms with Gasteiger partial charge in [0.15, 0.2) is 5.13 Å². The third kappa shape index (κ3) is 4.20. The van der Waals surface area contributed by atoms with Crippen molar-refractivity contribution in [3.8, 4) is 0 Å². The highest BCUT2D eigenvalue weighted by Crippen LogP contribution is 2.26. The molecular formula is C15H21N3OS. The molecule has 1 amide bonds. The second kappa shape index (κ2) is 6.70. The Kier molecular flexibility index (Phi) is 4.95. The van der Waals surface area contributed by atoms with E-state index in [9.17, 15) is 4.79 Å². The van der Waals surface area contributed by atoms with E-state index in [2.05, 4.69) is 48.5 Å². The van der Waals surface area contributed by atoms with Gasteiger partial charge in [0.2, 0.25) is 5.91 Å². The van der Waals surface area contributed by atoms with Crippen LogP contribution in [0.15, 0.2) is 18.2 Å². The van der Waals surface area contributed by atoms with Crippen molar-refractivity contribution in [3.63, 3.8) is 0 Å². The summed E-state index contributed by atoms with van der Waals surface area (Å²) in [6.07, 6.45) is 0.474. The van der Waals surface area contributed by atoms with Crippen molar-refractivity contribution in [2.45, 2.75) is 27.2 Å². The number of nitrogens with one attached hydrogen (secondary N) is 2. The second-order valence-corrected chi connectivity index (χ2v) is 6.40. The summed E-state index contributed by atoms with van der Waals surface area (Å²) in [6, 6.07) is 6.22. The first-order valence-electron chi connectivity index (χ1n) is 6.92. The van der Waals surface area contributed by atoms with Crippen LogP contribution >= 0.6 is 11.3 Å². The predicted octanol–water partition coefficient (Wildman–Crippen LogP) is 3.18. The van der Waals surface area contributed by atoms with Crippen molar-refractivity contribution >= 4 is 32.6 Å². The Labute approximate surface area is 123 Å². The molecule has 0 aliphatic carbocycles. The molecule has 0 radical (unpaired) electrons. The van der Waals surface area contributed by atoms with E-state index >= 15 is 0 Å². The smallest absolute Gasteiger partial charge is 0.221 e. The summed E-state index contributed by atoms with van der Waals surface area (Å²) in [6.45, 7) is 7.59. The minimum Gasteiger partial charge on any atom is -0.361 e. The van der Waals surface area contributed by atoms with Crippen LogP contribution in [0.1, 0.15) is 25.8 Å². The third-order valence-corrected chi connectivity index (χ3v) is 3.86. The maximum atomic E-state index is 11.6. The Morgan fingerprint density at radius 2 is 2.20 bits per heavy atom. The number of anilines is 1. The fourth-order valence-electron chi connectivity index (χ4n) is 1.80. The van der Waals surface area contributed by atoms with Crippen molar-refractivity contribution in [1.29, 1.82) is 0 Å². The minimum absolute atomic E-state index is 0.0863. The number of carbonyl (C=O) groups excluding carboxylic acids is 1. The normalized spacial score (nSPS) is 11.0. The number of aromatic nitrogens is 1. The lowest BCUT2D eigenvalue weighted by atomic mass is 10.2. The number of nitrogens with zero attached hydrogens (tertiary/aromatic N) is 1. The van der Waals surface area contributed by atoms with Crippen LogP contribution in [0.3, 0.4) is 0 Å². The number of rotatable bonds is 6. The van der Waals surface area contributed by atoms with Crippen LogP contribution in [-0.2, 0) is 4.79 Å². The van der Waals surface area contributed by atoms with Gasteiger partial charge in [-0.05, 0) is 30.5 Å². The number of hydrogen-bond donors (Lipinski definition) is 2. The van der Waals surface area contributed by atoms with Gasteiger partial charge in [-0.3, -0.25) is 4.79 Å². The molecule has 0 bridgehead atoms. The van der Waals surface area contributed by atoms with E-state index in [1.54, 1.807) is 11.3 Å². The molecule has 4 nitrogen and oxygen atoms in total. The monoisotopic (exact) mass is 291 g/mol. The number of fused-ring (bicyclic) bond motifs is 1. The summed E-state index contributed by atoms with van der Waals surface area (Å²) in [5, 5.41) is 7.00. The molecular weight excluding hydrogens is 270 g/mol. The van der Waals surface area contributed by atoms with Gasteiger partial charge in [0.05, 0.1) is 10.2 Å². The van der Waals surface area contributed by atoms with Crippen molar-refractivity contribution in [3.05, 3.63) is 23.8 Å². The van der Waals surface area contributed by atoms with Crippen LogP contribution in [0.4, 0.5) is 5.13 Å². The van der Waals surface area contributed by atoms with E-state index in [0.29, 0.717) is 18.9 Å². The number of carbonyl (C=O) groups is 1. The summed E-state index contributed by atoms with van der Waals surface area (Å²) in [5.74, 6) is 0.572. The lowest BCUT2D eigenvalue weighted by molar-refractivity contribution is -0.120. The predicted molar refractivity (Wildman–Crippen MR) is 85.3 cm³/mol. The highest BCUT2D eigenvalue weighted by molar-refractivity contribution is 7.22. The summed E-state index contributed by atoms with van der Waals surface area (Å²) in [5.41, 5.74) is 2.24. The Morgan fingerprint density at radius 1 is 1.40 bits per heavy atom. The zero-order valence-corrected chi connectivity index (χ0v) is 13.0. The van der Waals surface area contributed by atoms with E-state index < -0.39 is 0 Å². The van der Waals surface area contributed by atoms with E-state index in [4.69, 9.17) is 0 Å². The summed E-state index contributed by atoms with van der Waals surface area (Å²) in [4.78, 5) is 16.1. The molecule has 108 valence electrons. The summed E-state index contributed by atoms with van der Waals surface area (Å²) >= 11 is 1.63. The standard InChI is InChI=1S/C15H21N3OS/c1-10(2)9-17-14(19)6-7-16-15-18-12-5-4-11(3)8-13(12)20-15/h4-5,8,10H,6-7,9H2,1-3H3,(H,16,18)(H,17,19). The van der Waals surface area contributed by atoms with Crippen LogP contribution in [-0.4, -0.2) is 24.0 Å². The molecule has 1 aromatic carbocycles. The SMILES string of the molecule is Cc1ccc2nc(NCCC(=O)NCC(C)C)sc2c1.